The van der Waals surface area contributed by atoms with Gasteiger partial charge in [0.15, 0.2) is 22.0 Å². The average Bonchev–Trinajstić information content (AvgIpc) is 3.36. The van der Waals surface area contributed by atoms with Gasteiger partial charge in [0.25, 0.3) is 0 Å². The number of nitrogens with zero attached hydrogens (tertiary/aromatic N) is 4. The van der Waals surface area contributed by atoms with Gasteiger partial charge in [0, 0.05) is 0 Å². The monoisotopic (exact) mass is 603 g/mol. The molecule has 6 N–H and O–H groups in total. The highest BCUT2D eigenvalue weighted by molar-refractivity contribution is 7.52. The van der Waals surface area contributed by atoms with Crippen LogP contribution in [0, 0.1) is 0 Å². The second kappa shape index (κ2) is 11.4. The summed E-state index contributed by atoms with van der Waals surface area (Å²) in [6.07, 6.45) is -3.06. The third kappa shape index (κ3) is 6.38. The van der Waals surface area contributed by atoms with Crippen LogP contribution in [0.2, 0.25) is 0 Å². The van der Waals surface area contributed by atoms with Crippen molar-refractivity contribution in [3.8, 4) is 5.75 Å². The van der Waals surface area contributed by atoms with Crippen molar-refractivity contribution in [1.29, 1.82) is 0 Å². The number of fused-ring (bicyclic) bond motifs is 1. The van der Waals surface area contributed by atoms with Crippen molar-refractivity contribution >= 4 is 59.8 Å². The number of anilines is 2. The minimum absolute atomic E-state index is 0.0274. The second-order valence-electron chi connectivity index (χ2n) is 8.97. The van der Waals surface area contributed by atoms with Gasteiger partial charge in [-0.1, -0.05) is 41.4 Å². The van der Waals surface area contributed by atoms with E-state index in [1.54, 1.807) is 44.2 Å². The number of alkyl halides is 2. The summed E-state index contributed by atoms with van der Waals surface area (Å²) in [5, 5.41) is 13.5. The quantitative estimate of drug-likeness (QED) is 0.150. The van der Waals surface area contributed by atoms with Gasteiger partial charge in [-0.2, -0.15) is 15.1 Å². The summed E-state index contributed by atoms with van der Waals surface area (Å²) >= 11 is 13.0. The number of rotatable bonds is 10. The van der Waals surface area contributed by atoms with Gasteiger partial charge in [-0.25, -0.2) is 9.55 Å². The summed E-state index contributed by atoms with van der Waals surface area (Å²) in [6, 6.07) is 7.10. The van der Waals surface area contributed by atoms with Crippen molar-refractivity contribution < 1.29 is 33.0 Å². The molecule has 1 fully saturated rings. The molecule has 0 aliphatic carbocycles. The molecule has 0 amide bonds. The summed E-state index contributed by atoms with van der Waals surface area (Å²) in [5.74, 6) is -0.562. The molecule has 0 saturated carbocycles. The van der Waals surface area contributed by atoms with Gasteiger partial charge in [0.05, 0.1) is 19.0 Å². The van der Waals surface area contributed by atoms with Crippen molar-refractivity contribution in [2.75, 3.05) is 18.1 Å². The van der Waals surface area contributed by atoms with E-state index in [0.717, 1.165) is 0 Å². The lowest BCUT2D eigenvalue weighted by molar-refractivity contribution is -0.149. The van der Waals surface area contributed by atoms with Crippen LogP contribution in [0.25, 0.3) is 11.2 Å². The number of carbonyl (C=O) groups excluding carboxylic acids is 1. The molecule has 0 bridgehead atoms. The van der Waals surface area contributed by atoms with Gasteiger partial charge in [-0.3, -0.25) is 13.9 Å². The molecule has 2 aromatic heterocycles. The lowest BCUT2D eigenvalue weighted by atomic mass is 10.2. The fraction of sp³-hybridized carbons (Fsp3) is 0.455. The number of hydrogen-bond acceptors (Lipinski definition) is 12. The van der Waals surface area contributed by atoms with E-state index in [0.29, 0.717) is 0 Å². The maximum atomic E-state index is 13.7. The lowest BCUT2D eigenvalue weighted by Gasteiger charge is -2.25. The Hall–Kier alpha value is -2.71. The van der Waals surface area contributed by atoms with E-state index in [1.165, 1.54) is 17.8 Å². The van der Waals surface area contributed by atoms with E-state index in [-0.39, 0.29) is 28.7 Å². The molecule has 5 atom stereocenters. The molecule has 1 aliphatic rings. The fourth-order valence-electron chi connectivity index (χ4n) is 3.74. The maximum absolute atomic E-state index is 13.7. The summed E-state index contributed by atoms with van der Waals surface area (Å²) in [4.78, 5) is 24.5. The molecule has 17 heteroatoms. The van der Waals surface area contributed by atoms with E-state index in [9.17, 15) is 14.5 Å². The number of para-hydroxylation sites is 1. The number of hydrogen-bond donors (Lipinski definition) is 4. The Balaban J connectivity index is 1.55. The number of ether oxygens (including phenoxy) is 2. The van der Waals surface area contributed by atoms with Crippen LogP contribution >= 0.6 is 30.9 Å². The Morgan fingerprint density at radius 3 is 2.62 bits per heavy atom. The molecule has 14 nitrogen and oxygen atoms in total. The number of aliphatic hydroxyl groups excluding tert-OH is 1. The average molecular weight is 604 g/mol. The molecule has 1 saturated heterocycles. The van der Waals surface area contributed by atoms with Crippen LogP contribution in [0.1, 0.15) is 27.0 Å². The molecule has 39 heavy (non-hydrogen) atoms. The zero-order valence-electron chi connectivity index (χ0n) is 21.1. The third-order valence-electron chi connectivity index (χ3n) is 5.53. The standard InChI is InChI=1S/C22H28Cl2N7O7P/c1-11(2)36-19(33)12(3)30-39(34,38-13-7-5-4-6-8-13)35-9-14-16(32)22(23,24)20(37-14)31-10-27-15-17(25)28-21(26)29-18(15)31/h4-8,10-12,14,16,20,32H,9H2,1-3H3,(H,30,34)(H4,25,26,28,29)/t12-,14+,16+,20+,39-/m0/s1. The zero-order valence-corrected chi connectivity index (χ0v) is 23.5. The molecule has 3 heterocycles. The number of imidazole rings is 1. The first-order valence-electron chi connectivity index (χ1n) is 11.7. The van der Waals surface area contributed by atoms with Crippen LogP contribution in [0.5, 0.6) is 5.75 Å². The van der Waals surface area contributed by atoms with Crippen LogP contribution in [0.3, 0.4) is 0 Å². The van der Waals surface area contributed by atoms with Gasteiger partial charge >= 0.3 is 13.7 Å². The molecule has 3 aromatic rings. The van der Waals surface area contributed by atoms with Crippen LogP contribution in [-0.2, 0) is 23.4 Å². The maximum Gasteiger partial charge on any atom is 0.459 e. The van der Waals surface area contributed by atoms with Crippen molar-refractivity contribution in [1.82, 2.24) is 24.6 Å². The van der Waals surface area contributed by atoms with Crippen LogP contribution in [0.4, 0.5) is 11.8 Å². The number of nitrogens with one attached hydrogen (secondary N) is 1. The number of nitrogens with two attached hydrogens (primary N) is 2. The van der Waals surface area contributed by atoms with Crippen LogP contribution in [0.15, 0.2) is 36.7 Å². The Kier molecular flexibility index (Phi) is 8.57. The Morgan fingerprint density at radius 1 is 1.26 bits per heavy atom. The Bertz CT molecular complexity index is 1380. The largest absolute Gasteiger partial charge is 0.462 e. The number of nitrogen functional groups attached to an aromatic ring is 2. The first-order valence-corrected chi connectivity index (χ1v) is 14.0. The van der Waals surface area contributed by atoms with Crippen molar-refractivity contribution in [2.45, 2.75) is 55.7 Å². The Labute approximate surface area is 233 Å². The van der Waals surface area contributed by atoms with E-state index < -0.39 is 55.2 Å². The van der Waals surface area contributed by atoms with E-state index >= 15 is 0 Å². The molecule has 4 rings (SSSR count). The van der Waals surface area contributed by atoms with Crippen LogP contribution in [-0.4, -0.2) is 65.9 Å². The van der Waals surface area contributed by atoms with Crippen molar-refractivity contribution in [3.05, 3.63) is 36.7 Å². The normalized spacial score (nSPS) is 23.0. The first-order chi connectivity index (χ1) is 18.3. The topological polar surface area (TPSA) is 199 Å². The number of esters is 1. The molecule has 0 radical (unpaired) electrons. The van der Waals surface area contributed by atoms with Gasteiger partial charge in [0.1, 0.15) is 29.5 Å². The summed E-state index contributed by atoms with van der Waals surface area (Å²) in [7, 11) is -4.25. The summed E-state index contributed by atoms with van der Waals surface area (Å²) < 4.78 is 35.5. The zero-order chi connectivity index (χ0) is 28.5. The molecule has 1 aliphatic heterocycles. The lowest BCUT2D eigenvalue weighted by Crippen LogP contribution is -2.39. The molecular weight excluding hydrogens is 576 g/mol. The number of benzene rings is 1. The number of halogens is 2. The van der Waals surface area contributed by atoms with Crippen molar-refractivity contribution in [3.63, 3.8) is 0 Å². The smallest absolute Gasteiger partial charge is 0.459 e. The van der Waals surface area contributed by atoms with Crippen molar-refractivity contribution in [2.24, 2.45) is 0 Å². The first kappa shape index (κ1) is 29.3. The number of aliphatic hydroxyl groups is 1. The Morgan fingerprint density at radius 2 is 1.95 bits per heavy atom. The number of carbonyl (C=O) groups is 1. The van der Waals surface area contributed by atoms with E-state index in [4.69, 9.17) is 53.2 Å². The van der Waals surface area contributed by atoms with Gasteiger partial charge in [0.2, 0.25) is 5.95 Å². The van der Waals surface area contributed by atoms with Gasteiger partial charge in [-0.05, 0) is 32.9 Å². The number of aromatic nitrogens is 4. The predicted octanol–water partition coefficient (Wildman–Crippen LogP) is 2.56. The predicted molar refractivity (Wildman–Crippen MR) is 143 cm³/mol. The third-order valence-corrected chi connectivity index (χ3v) is 8.00. The van der Waals surface area contributed by atoms with Gasteiger partial charge in [-0.15, -0.1) is 0 Å². The summed E-state index contributed by atoms with van der Waals surface area (Å²) in [6.45, 7) is 4.30. The molecule has 0 unspecified atom stereocenters. The SMILES string of the molecule is CC(C)OC(=O)[C@H](C)N[P@](=O)(OC[C@H]1O[C@@H](n2cnc3c(N)nc(N)nc32)C(Cl)(Cl)[C@@H]1O)Oc1ccccc1. The van der Waals surface area contributed by atoms with E-state index in [1.807, 2.05) is 0 Å². The minimum atomic E-state index is -4.25. The fourth-order valence-corrected chi connectivity index (χ4v) is 5.84. The molecule has 1 aromatic carbocycles. The van der Waals surface area contributed by atoms with Crippen LogP contribution < -0.4 is 21.1 Å². The minimum Gasteiger partial charge on any atom is -0.462 e. The highest BCUT2D eigenvalue weighted by atomic mass is 35.5. The summed E-state index contributed by atoms with van der Waals surface area (Å²) in [5.41, 5.74) is 12.0. The molecule has 212 valence electrons. The second-order valence-corrected chi connectivity index (χ2v) is 12.1. The van der Waals surface area contributed by atoms with E-state index in [2.05, 4.69) is 20.0 Å². The highest BCUT2D eigenvalue weighted by Crippen LogP contribution is 2.50. The molecular formula is C22H28Cl2N7O7P. The molecule has 0 spiro atoms. The van der Waals surface area contributed by atoms with Gasteiger partial charge < -0.3 is 30.6 Å². The highest BCUT2D eigenvalue weighted by Gasteiger charge is 2.56.